The molecule has 2 aromatic carbocycles. The van der Waals surface area contributed by atoms with Crippen LogP contribution in [0, 0.1) is 6.92 Å². The first-order valence-electron chi connectivity index (χ1n) is 11.0. The minimum Gasteiger partial charge on any atom is -0.337 e. The third kappa shape index (κ3) is 5.58. The van der Waals surface area contributed by atoms with Gasteiger partial charge in [-0.2, -0.15) is 4.98 Å². The lowest BCUT2D eigenvalue weighted by Gasteiger charge is -2.20. The predicted octanol–water partition coefficient (Wildman–Crippen LogP) is 4.69. The van der Waals surface area contributed by atoms with Crippen LogP contribution in [0.5, 0.6) is 0 Å². The SMILES string of the molecule is Cc1ccc(-c2noc(CN(C)C(=O)c3ccc(CN4CCCCCC4)cc3)n2)cc1. The van der Waals surface area contributed by atoms with Gasteiger partial charge in [-0.25, -0.2) is 0 Å². The van der Waals surface area contributed by atoms with Crippen LogP contribution in [0.25, 0.3) is 11.4 Å². The van der Waals surface area contributed by atoms with E-state index >= 15 is 0 Å². The third-order valence-corrected chi connectivity index (χ3v) is 5.80. The first-order chi connectivity index (χ1) is 15.1. The number of hydrogen-bond acceptors (Lipinski definition) is 5. The fraction of sp³-hybridized carbons (Fsp3) is 0.400. The highest BCUT2D eigenvalue weighted by Crippen LogP contribution is 2.18. The molecular formula is C25H30N4O2. The number of aryl methyl sites for hydroxylation is 1. The summed E-state index contributed by atoms with van der Waals surface area (Å²) < 4.78 is 5.36. The number of nitrogens with zero attached hydrogens (tertiary/aromatic N) is 4. The summed E-state index contributed by atoms with van der Waals surface area (Å²) in [6.07, 6.45) is 5.23. The molecule has 1 aromatic heterocycles. The highest BCUT2D eigenvalue weighted by molar-refractivity contribution is 5.94. The first-order valence-corrected chi connectivity index (χ1v) is 11.0. The number of rotatable bonds is 6. The first kappa shape index (κ1) is 21.2. The third-order valence-electron chi connectivity index (χ3n) is 5.80. The average molecular weight is 419 g/mol. The van der Waals surface area contributed by atoms with E-state index in [-0.39, 0.29) is 12.5 Å². The molecule has 162 valence electrons. The number of likely N-dealkylation sites (tertiary alicyclic amines) is 1. The van der Waals surface area contributed by atoms with Gasteiger partial charge in [0.15, 0.2) is 0 Å². The van der Waals surface area contributed by atoms with Crippen LogP contribution in [0.3, 0.4) is 0 Å². The molecule has 1 saturated heterocycles. The quantitative estimate of drug-likeness (QED) is 0.581. The monoisotopic (exact) mass is 418 g/mol. The molecule has 0 N–H and O–H groups in total. The molecule has 1 aliphatic rings. The van der Waals surface area contributed by atoms with Gasteiger partial charge in [-0.05, 0) is 50.6 Å². The second-order valence-corrected chi connectivity index (χ2v) is 8.43. The van der Waals surface area contributed by atoms with Gasteiger partial charge in [0.25, 0.3) is 5.91 Å². The average Bonchev–Trinajstić information content (AvgIpc) is 3.09. The van der Waals surface area contributed by atoms with E-state index in [0.29, 0.717) is 17.3 Å². The molecule has 0 spiro atoms. The lowest BCUT2D eigenvalue weighted by molar-refractivity contribution is 0.0769. The molecule has 0 radical (unpaired) electrons. The Morgan fingerprint density at radius 3 is 2.35 bits per heavy atom. The fourth-order valence-electron chi connectivity index (χ4n) is 3.94. The normalized spacial score (nSPS) is 14.9. The Morgan fingerprint density at radius 2 is 1.68 bits per heavy atom. The van der Waals surface area contributed by atoms with Crippen molar-refractivity contribution in [2.75, 3.05) is 20.1 Å². The number of benzene rings is 2. The van der Waals surface area contributed by atoms with Crippen molar-refractivity contribution < 1.29 is 9.32 Å². The largest absolute Gasteiger partial charge is 0.337 e. The molecule has 31 heavy (non-hydrogen) atoms. The van der Waals surface area contributed by atoms with E-state index in [2.05, 4.69) is 27.2 Å². The van der Waals surface area contributed by atoms with Gasteiger partial charge in [-0.15, -0.1) is 0 Å². The molecule has 2 heterocycles. The topological polar surface area (TPSA) is 62.5 Å². The van der Waals surface area contributed by atoms with Gasteiger partial charge >= 0.3 is 0 Å². The summed E-state index contributed by atoms with van der Waals surface area (Å²) in [6, 6.07) is 15.9. The van der Waals surface area contributed by atoms with E-state index in [1.54, 1.807) is 11.9 Å². The number of aromatic nitrogens is 2. The van der Waals surface area contributed by atoms with Crippen molar-refractivity contribution in [1.82, 2.24) is 19.9 Å². The molecule has 3 aromatic rings. The zero-order valence-electron chi connectivity index (χ0n) is 18.4. The van der Waals surface area contributed by atoms with Crippen molar-refractivity contribution in [3.8, 4) is 11.4 Å². The maximum Gasteiger partial charge on any atom is 0.254 e. The molecule has 1 aliphatic heterocycles. The summed E-state index contributed by atoms with van der Waals surface area (Å²) in [7, 11) is 1.75. The number of amides is 1. The van der Waals surface area contributed by atoms with Crippen molar-refractivity contribution in [2.24, 2.45) is 0 Å². The molecule has 0 unspecified atom stereocenters. The van der Waals surface area contributed by atoms with E-state index in [4.69, 9.17) is 4.52 Å². The maximum atomic E-state index is 12.8. The minimum atomic E-state index is -0.0589. The van der Waals surface area contributed by atoms with Crippen LogP contribution in [0.2, 0.25) is 0 Å². The van der Waals surface area contributed by atoms with Crippen molar-refractivity contribution >= 4 is 5.91 Å². The fourth-order valence-corrected chi connectivity index (χ4v) is 3.94. The van der Waals surface area contributed by atoms with Gasteiger partial charge in [0.2, 0.25) is 11.7 Å². The second-order valence-electron chi connectivity index (χ2n) is 8.43. The maximum absolute atomic E-state index is 12.8. The Kier molecular flexibility index (Phi) is 6.77. The zero-order chi connectivity index (χ0) is 21.6. The summed E-state index contributed by atoms with van der Waals surface area (Å²) in [4.78, 5) is 21.4. The van der Waals surface area contributed by atoms with Crippen LogP contribution < -0.4 is 0 Å². The van der Waals surface area contributed by atoms with Crippen LogP contribution in [0.1, 0.15) is 53.1 Å². The molecule has 1 fully saturated rings. The summed E-state index contributed by atoms with van der Waals surface area (Å²) in [5.41, 5.74) is 3.99. The predicted molar refractivity (Wildman–Crippen MR) is 120 cm³/mol. The van der Waals surface area contributed by atoms with Crippen LogP contribution >= 0.6 is 0 Å². The van der Waals surface area contributed by atoms with Crippen molar-refractivity contribution in [2.45, 2.75) is 45.7 Å². The molecule has 4 rings (SSSR count). The highest BCUT2D eigenvalue weighted by atomic mass is 16.5. The smallest absolute Gasteiger partial charge is 0.254 e. The van der Waals surface area contributed by atoms with E-state index < -0.39 is 0 Å². The number of carbonyl (C=O) groups is 1. The van der Waals surface area contributed by atoms with Gasteiger partial charge in [-0.1, -0.05) is 60.0 Å². The van der Waals surface area contributed by atoms with Crippen molar-refractivity contribution in [3.63, 3.8) is 0 Å². The van der Waals surface area contributed by atoms with Crippen LogP contribution in [-0.2, 0) is 13.1 Å². The Bertz CT molecular complexity index is 987. The van der Waals surface area contributed by atoms with E-state index in [1.807, 2.05) is 43.3 Å². The van der Waals surface area contributed by atoms with E-state index in [1.165, 1.54) is 36.8 Å². The van der Waals surface area contributed by atoms with E-state index in [9.17, 15) is 4.79 Å². The van der Waals surface area contributed by atoms with Gasteiger partial charge < -0.3 is 9.42 Å². The molecular weight excluding hydrogens is 388 g/mol. The van der Waals surface area contributed by atoms with E-state index in [0.717, 1.165) is 25.2 Å². The highest BCUT2D eigenvalue weighted by Gasteiger charge is 2.17. The Balaban J connectivity index is 1.35. The molecule has 0 bridgehead atoms. The molecule has 0 saturated carbocycles. The van der Waals surface area contributed by atoms with Gasteiger partial charge in [0.1, 0.15) is 0 Å². The van der Waals surface area contributed by atoms with Crippen LogP contribution in [0.15, 0.2) is 53.1 Å². The zero-order valence-corrected chi connectivity index (χ0v) is 18.4. The van der Waals surface area contributed by atoms with Crippen molar-refractivity contribution in [1.29, 1.82) is 0 Å². The summed E-state index contributed by atoms with van der Waals surface area (Å²) in [5, 5.41) is 4.05. The lowest BCUT2D eigenvalue weighted by atomic mass is 10.1. The molecule has 0 aliphatic carbocycles. The van der Waals surface area contributed by atoms with Gasteiger partial charge in [0.05, 0.1) is 6.54 Å². The molecule has 6 heteroatoms. The van der Waals surface area contributed by atoms with Crippen LogP contribution in [-0.4, -0.2) is 46.0 Å². The second kappa shape index (κ2) is 9.88. The van der Waals surface area contributed by atoms with Crippen LogP contribution in [0.4, 0.5) is 0 Å². The molecule has 6 nitrogen and oxygen atoms in total. The minimum absolute atomic E-state index is 0.0589. The lowest BCUT2D eigenvalue weighted by Crippen LogP contribution is -2.26. The molecule has 1 amide bonds. The Hall–Kier alpha value is -2.99. The summed E-state index contributed by atoms with van der Waals surface area (Å²) >= 11 is 0. The molecule has 0 atom stereocenters. The van der Waals surface area contributed by atoms with Gasteiger partial charge in [-0.3, -0.25) is 9.69 Å². The standard InChI is InChI=1S/C25H30N4O2/c1-19-7-11-21(12-8-19)24-26-23(31-27-24)18-28(2)25(30)22-13-9-20(10-14-22)17-29-15-5-3-4-6-16-29/h7-14H,3-6,15-18H2,1-2H3. The van der Waals surface area contributed by atoms with Crippen molar-refractivity contribution in [3.05, 3.63) is 71.1 Å². The van der Waals surface area contributed by atoms with Gasteiger partial charge in [0, 0.05) is 24.7 Å². The summed E-state index contributed by atoms with van der Waals surface area (Å²) in [5.74, 6) is 0.898. The number of hydrogen-bond donors (Lipinski definition) is 0. The Morgan fingerprint density at radius 1 is 1.00 bits per heavy atom. The summed E-state index contributed by atoms with van der Waals surface area (Å²) in [6.45, 7) is 5.59. The number of carbonyl (C=O) groups excluding carboxylic acids is 1. The Labute approximate surface area is 183 Å².